The summed E-state index contributed by atoms with van der Waals surface area (Å²) in [5, 5.41) is 7.56. The van der Waals surface area contributed by atoms with Gasteiger partial charge in [0.15, 0.2) is 5.96 Å². The standard InChI is InChI=1S/C21H25ClN4O2/c1-23-21(24-13-15-6-8-16(9-7-15)20(27)28-2)25-18-10-11-26(14-18)19-5-3-4-17(22)12-19/h3-9,12,18H,10-11,13-14H2,1-2H3,(H2,23,24,25). The maximum absolute atomic E-state index is 11.5. The van der Waals surface area contributed by atoms with Crippen LogP contribution in [-0.2, 0) is 11.3 Å². The van der Waals surface area contributed by atoms with Gasteiger partial charge in [-0.3, -0.25) is 4.99 Å². The zero-order chi connectivity index (χ0) is 19.9. The van der Waals surface area contributed by atoms with E-state index in [4.69, 9.17) is 16.3 Å². The van der Waals surface area contributed by atoms with Crippen LogP contribution in [0.15, 0.2) is 53.5 Å². The zero-order valence-electron chi connectivity index (χ0n) is 16.1. The van der Waals surface area contributed by atoms with Crippen molar-refractivity contribution in [1.29, 1.82) is 0 Å². The Bertz CT molecular complexity index is 839. The van der Waals surface area contributed by atoms with Crippen molar-refractivity contribution in [2.75, 3.05) is 32.1 Å². The second-order valence-corrected chi connectivity index (χ2v) is 7.11. The molecule has 0 aliphatic carbocycles. The number of hydrogen-bond donors (Lipinski definition) is 2. The molecule has 28 heavy (non-hydrogen) atoms. The molecule has 1 atom stereocenters. The summed E-state index contributed by atoms with van der Waals surface area (Å²) in [5.74, 6) is 0.428. The lowest BCUT2D eigenvalue weighted by Gasteiger charge is -2.20. The van der Waals surface area contributed by atoms with Gasteiger partial charge in [-0.05, 0) is 42.3 Å². The topological polar surface area (TPSA) is 66.0 Å². The van der Waals surface area contributed by atoms with Gasteiger partial charge in [-0.1, -0.05) is 29.8 Å². The predicted molar refractivity (Wildman–Crippen MR) is 113 cm³/mol. The third kappa shape index (κ3) is 5.16. The van der Waals surface area contributed by atoms with Crippen LogP contribution in [0.5, 0.6) is 0 Å². The second-order valence-electron chi connectivity index (χ2n) is 6.67. The molecule has 1 fully saturated rings. The quantitative estimate of drug-likeness (QED) is 0.458. The smallest absolute Gasteiger partial charge is 0.337 e. The van der Waals surface area contributed by atoms with Gasteiger partial charge in [-0.15, -0.1) is 0 Å². The second kappa shape index (κ2) is 9.46. The minimum atomic E-state index is -0.331. The Morgan fingerprint density at radius 2 is 2.07 bits per heavy atom. The van der Waals surface area contributed by atoms with Gasteiger partial charge in [0.1, 0.15) is 0 Å². The molecule has 1 unspecified atom stereocenters. The average Bonchev–Trinajstić information content (AvgIpc) is 3.19. The number of benzene rings is 2. The molecule has 1 aliphatic rings. The monoisotopic (exact) mass is 400 g/mol. The Kier molecular flexibility index (Phi) is 6.76. The van der Waals surface area contributed by atoms with Crippen LogP contribution in [0.3, 0.4) is 0 Å². The largest absolute Gasteiger partial charge is 0.465 e. The first-order chi connectivity index (χ1) is 13.6. The molecule has 2 aromatic rings. The lowest BCUT2D eigenvalue weighted by Crippen LogP contribution is -2.44. The summed E-state index contributed by atoms with van der Waals surface area (Å²) < 4.78 is 4.72. The van der Waals surface area contributed by atoms with E-state index >= 15 is 0 Å². The summed E-state index contributed by atoms with van der Waals surface area (Å²) in [5.41, 5.74) is 2.74. The van der Waals surface area contributed by atoms with Crippen LogP contribution in [0.1, 0.15) is 22.3 Å². The minimum absolute atomic E-state index is 0.312. The summed E-state index contributed by atoms with van der Waals surface area (Å²) in [4.78, 5) is 18.1. The van der Waals surface area contributed by atoms with E-state index in [0.717, 1.165) is 41.7 Å². The Morgan fingerprint density at radius 1 is 1.29 bits per heavy atom. The number of aliphatic imine (C=N–C) groups is 1. The van der Waals surface area contributed by atoms with Crippen molar-refractivity contribution in [3.05, 3.63) is 64.7 Å². The van der Waals surface area contributed by atoms with Crippen molar-refractivity contribution in [2.45, 2.75) is 19.0 Å². The van der Waals surface area contributed by atoms with Gasteiger partial charge >= 0.3 is 5.97 Å². The number of halogens is 1. The molecule has 2 aromatic carbocycles. The minimum Gasteiger partial charge on any atom is -0.465 e. The maximum Gasteiger partial charge on any atom is 0.337 e. The van der Waals surface area contributed by atoms with Crippen molar-refractivity contribution >= 4 is 29.2 Å². The summed E-state index contributed by atoms with van der Waals surface area (Å²) >= 11 is 6.10. The van der Waals surface area contributed by atoms with Crippen molar-refractivity contribution in [1.82, 2.24) is 10.6 Å². The highest BCUT2D eigenvalue weighted by Crippen LogP contribution is 2.23. The van der Waals surface area contributed by atoms with E-state index in [2.05, 4.69) is 26.6 Å². The molecule has 0 saturated carbocycles. The van der Waals surface area contributed by atoms with Crippen LogP contribution in [0.4, 0.5) is 5.69 Å². The molecule has 0 radical (unpaired) electrons. The first-order valence-corrected chi connectivity index (χ1v) is 9.62. The molecule has 148 valence electrons. The number of carbonyl (C=O) groups excluding carboxylic acids is 1. The number of carbonyl (C=O) groups is 1. The van der Waals surface area contributed by atoms with E-state index < -0.39 is 0 Å². The molecule has 0 bridgehead atoms. The van der Waals surface area contributed by atoms with Crippen LogP contribution < -0.4 is 15.5 Å². The summed E-state index contributed by atoms with van der Waals surface area (Å²) in [6.07, 6.45) is 1.03. The van der Waals surface area contributed by atoms with Crippen molar-refractivity contribution < 1.29 is 9.53 Å². The van der Waals surface area contributed by atoms with E-state index in [1.165, 1.54) is 7.11 Å². The fraction of sp³-hybridized carbons (Fsp3) is 0.333. The third-order valence-electron chi connectivity index (χ3n) is 4.76. The molecule has 0 aromatic heterocycles. The van der Waals surface area contributed by atoms with Crippen molar-refractivity contribution in [2.24, 2.45) is 4.99 Å². The average molecular weight is 401 g/mol. The number of rotatable bonds is 5. The van der Waals surface area contributed by atoms with Gasteiger partial charge in [0.05, 0.1) is 12.7 Å². The number of nitrogens with one attached hydrogen (secondary N) is 2. The van der Waals surface area contributed by atoms with E-state index in [-0.39, 0.29) is 5.97 Å². The highest BCUT2D eigenvalue weighted by Gasteiger charge is 2.23. The molecule has 1 heterocycles. The first-order valence-electron chi connectivity index (χ1n) is 9.24. The molecule has 1 saturated heterocycles. The number of methoxy groups -OCH3 is 1. The van der Waals surface area contributed by atoms with Gasteiger partial charge in [-0.25, -0.2) is 4.79 Å². The fourth-order valence-corrected chi connectivity index (χ4v) is 3.42. The number of nitrogens with zero attached hydrogens (tertiary/aromatic N) is 2. The number of guanidine groups is 1. The van der Waals surface area contributed by atoms with Gasteiger partial charge < -0.3 is 20.3 Å². The Morgan fingerprint density at radius 3 is 2.75 bits per heavy atom. The van der Waals surface area contributed by atoms with E-state index in [1.807, 2.05) is 30.3 Å². The Labute approximate surface area is 170 Å². The molecule has 0 spiro atoms. The van der Waals surface area contributed by atoms with Crippen LogP contribution >= 0.6 is 11.6 Å². The summed E-state index contributed by atoms with van der Waals surface area (Å²) in [6, 6.07) is 15.6. The van der Waals surface area contributed by atoms with Crippen molar-refractivity contribution in [3.8, 4) is 0 Å². The van der Waals surface area contributed by atoms with Gasteiger partial charge in [0, 0.05) is 43.4 Å². The Hall–Kier alpha value is -2.73. The molecular weight excluding hydrogens is 376 g/mol. The van der Waals surface area contributed by atoms with Gasteiger partial charge in [0.25, 0.3) is 0 Å². The molecule has 3 rings (SSSR count). The number of anilines is 1. The van der Waals surface area contributed by atoms with Crippen LogP contribution in [-0.4, -0.2) is 45.2 Å². The Balaban J connectivity index is 1.50. The number of ether oxygens (including phenoxy) is 1. The fourth-order valence-electron chi connectivity index (χ4n) is 3.24. The summed E-state index contributed by atoms with van der Waals surface area (Å²) in [7, 11) is 3.14. The molecular formula is C21H25ClN4O2. The first kappa shape index (κ1) is 20.0. The maximum atomic E-state index is 11.5. The molecule has 0 amide bonds. The molecule has 1 aliphatic heterocycles. The van der Waals surface area contributed by atoms with E-state index in [0.29, 0.717) is 18.2 Å². The predicted octanol–water partition coefficient (Wildman–Crippen LogP) is 3.07. The molecule has 7 heteroatoms. The highest BCUT2D eigenvalue weighted by atomic mass is 35.5. The summed E-state index contributed by atoms with van der Waals surface area (Å²) in [6.45, 7) is 2.49. The SMILES string of the molecule is CN=C(NCc1ccc(C(=O)OC)cc1)NC1CCN(c2cccc(Cl)c2)C1. The van der Waals surface area contributed by atoms with E-state index in [1.54, 1.807) is 19.2 Å². The normalized spacial score (nSPS) is 16.8. The number of esters is 1. The zero-order valence-corrected chi connectivity index (χ0v) is 16.9. The van der Waals surface area contributed by atoms with Crippen LogP contribution in [0.2, 0.25) is 5.02 Å². The van der Waals surface area contributed by atoms with Gasteiger partial charge in [0.2, 0.25) is 0 Å². The van der Waals surface area contributed by atoms with E-state index in [9.17, 15) is 4.79 Å². The highest BCUT2D eigenvalue weighted by molar-refractivity contribution is 6.30. The van der Waals surface area contributed by atoms with Gasteiger partial charge in [-0.2, -0.15) is 0 Å². The van der Waals surface area contributed by atoms with Crippen LogP contribution in [0, 0.1) is 0 Å². The van der Waals surface area contributed by atoms with Crippen molar-refractivity contribution in [3.63, 3.8) is 0 Å². The third-order valence-corrected chi connectivity index (χ3v) is 5.00. The van der Waals surface area contributed by atoms with Crippen LogP contribution in [0.25, 0.3) is 0 Å². The lowest BCUT2D eigenvalue weighted by molar-refractivity contribution is 0.0600. The lowest BCUT2D eigenvalue weighted by atomic mass is 10.1. The molecule has 6 nitrogen and oxygen atoms in total. The number of hydrogen-bond acceptors (Lipinski definition) is 4. The molecule has 2 N–H and O–H groups in total.